The van der Waals surface area contributed by atoms with Crippen LogP contribution >= 0.6 is 22.6 Å². The van der Waals surface area contributed by atoms with E-state index in [0.29, 0.717) is 3.92 Å². The van der Waals surface area contributed by atoms with E-state index in [1.54, 1.807) is 0 Å². The minimum Gasteiger partial charge on any atom is -0.309 e. The molecule has 1 N–H and O–H groups in total. The average molecular weight is 281 g/mol. The maximum atomic E-state index is 6.78. The third-order valence-electron chi connectivity index (χ3n) is 1.63. The molecule has 0 aliphatic heterocycles. The van der Waals surface area contributed by atoms with Gasteiger partial charge in [0, 0.05) is 3.92 Å². The van der Waals surface area contributed by atoms with E-state index < -0.39 is 0 Å². The number of halogens is 1. The zero-order valence-electron chi connectivity index (χ0n) is 7.84. The Kier molecular flexibility index (Phi) is 6.61. The first-order valence-corrected chi connectivity index (χ1v) is 5.23. The zero-order chi connectivity index (χ0) is 9.56. The van der Waals surface area contributed by atoms with E-state index in [4.69, 9.17) is 5.41 Å². The van der Waals surface area contributed by atoms with Crippen LogP contribution in [0.15, 0.2) is 4.99 Å². The maximum Gasteiger partial charge on any atom is 0.0865 e. The molecule has 0 aromatic heterocycles. The Bertz CT molecular complexity index is 162. The van der Waals surface area contributed by atoms with E-state index in [-0.39, 0.29) is 6.04 Å². The van der Waals surface area contributed by atoms with Crippen molar-refractivity contribution in [2.24, 2.45) is 4.99 Å². The van der Waals surface area contributed by atoms with Gasteiger partial charge >= 0.3 is 0 Å². The van der Waals surface area contributed by atoms with Crippen molar-refractivity contribution in [3.63, 3.8) is 0 Å². The van der Waals surface area contributed by atoms with Gasteiger partial charge in [0.15, 0.2) is 0 Å². The smallest absolute Gasteiger partial charge is 0.0865 e. The van der Waals surface area contributed by atoms with E-state index >= 15 is 0 Å². The average Bonchev–Trinajstić information content (AvgIpc) is 1.96. The van der Waals surface area contributed by atoms with E-state index in [2.05, 4.69) is 45.4 Å². The lowest BCUT2D eigenvalue weighted by Gasteiger charge is -2.16. The third-order valence-corrected chi connectivity index (χ3v) is 2.46. The molecule has 0 fully saturated rings. The molecule has 0 bridgehead atoms. The van der Waals surface area contributed by atoms with Gasteiger partial charge in [-0.25, -0.2) is 10.4 Å². The molecule has 70 valence electrons. The summed E-state index contributed by atoms with van der Waals surface area (Å²) in [6, 6.07) is 2.37. The highest BCUT2D eigenvalue weighted by Crippen LogP contribution is 2.12. The van der Waals surface area contributed by atoms with Gasteiger partial charge < -0.3 is 4.90 Å². The first-order valence-electron chi connectivity index (χ1n) is 3.98. The van der Waals surface area contributed by atoms with Gasteiger partial charge in [0.25, 0.3) is 0 Å². The second-order valence-corrected chi connectivity index (χ2v) is 5.04. The summed E-state index contributed by atoms with van der Waals surface area (Å²) in [5.41, 5.74) is 0. The second kappa shape index (κ2) is 6.57. The molecule has 0 amide bonds. The van der Waals surface area contributed by atoms with Crippen molar-refractivity contribution in [1.82, 2.24) is 4.90 Å². The number of nitrogens with one attached hydrogen (secondary N) is 1. The number of rotatable bonds is 5. The summed E-state index contributed by atoms with van der Waals surface area (Å²) in [6.45, 7) is 3.13. The van der Waals surface area contributed by atoms with Gasteiger partial charge in [0.05, 0.1) is 12.1 Å². The van der Waals surface area contributed by atoms with Gasteiger partial charge in [0.1, 0.15) is 0 Å². The van der Waals surface area contributed by atoms with Gasteiger partial charge in [-0.3, -0.25) is 0 Å². The van der Waals surface area contributed by atoms with E-state index in [1.807, 2.05) is 14.1 Å². The Morgan fingerprint density at radius 1 is 1.58 bits per heavy atom. The van der Waals surface area contributed by atoms with Gasteiger partial charge in [0.2, 0.25) is 0 Å². The van der Waals surface area contributed by atoms with E-state index in [1.165, 1.54) is 0 Å². The van der Waals surface area contributed by atoms with Crippen LogP contribution in [0.5, 0.6) is 0 Å². The molecule has 0 rings (SSSR count). The molecule has 4 heteroatoms. The van der Waals surface area contributed by atoms with E-state index in [9.17, 15) is 0 Å². The molecule has 0 aromatic carbocycles. The van der Waals surface area contributed by atoms with Gasteiger partial charge in [-0.15, -0.1) is 0 Å². The second-order valence-electron chi connectivity index (χ2n) is 3.08. The van der Waals surface area contributed by atoms with Crippen molar-refractivity contribution in [2.75, 3.05) is 20.6 Å². The molecule has 0 saturated carbocycles. The number of nitrogens with zero attached hydrogens (tertiary/aromatic N) is 2. The lowest BCUT2D eigenvalue weighted by molar-refractivity contribution is 0.382. The third kappa shape index (κ3) is 5.69. The van der Waals surface area contributed by atoms with Crippen LogP contribution in [0.3, 0.4) is 0 Å². The molecule has 0 saturated heterocycles. The summed E-state index contributed by atoms with van der Waals surface area (Å²) in [6.07, 6.45) is 1.00. The maximum absolute atomic E-state index is 6.78. The Labute approximate surface area is 87.9 Å². The summed E-state index contributed by atoms with van der Waals surface area (Å²) < 4.78 is 0.473. The highest BCUT2D eigenvalue weighted by atomic mass is 127. The predicted octanol–water partition coefficient (Wildman–Crippen LogP) is 1.88. The fourth-order valence-electron chi connectivity index (χ4n) is 0.870. The Morgan fingerprint density at radius 2 is 2.17 bits per heavy atom. The normalized spacial score (nSPS) is 15.4. The minimum atomic E-state index is 0.241. The van der Waals surface area contributed by atoms with Crippen molar-refractivity contribution in [2.45, 2.75) is 23.3 Å². The number of alkyl halides is 1. The highest BCUT2D eigenvalue weighted by Gasteiger charge is 2.12. The fraction of sp³-hybridized carbons (Fsp3) is 0.875. The number of hydrogen-bond acceptors (Lipinski definition) is 3. The quantitative estimate of drug-likeness (QED) is 0.466. The van der Waals surface area contributed by atoms with Crippen molar-refractivity contribution < 1.29 is 0 Å². The number of hydrogen-bond donors (Lipinski definition) is 1. The standard InChI is InChI=1S/C8H16IN3/c1-7(9)8(11-6-10)4-5-12(2)3/h7-8,10H,4-5H2,1-3H3. The van der Waals surface area contributed by atoms with Gasteiger partial charge in [-0.05, 0) is 27.1 Å². The van der Waals surface area contributed by atoms with Crippen molar-refractivity contribution in [1.29, 1.82) is 5.41 Å². The summed E-state index contributed by atoms with van der Waals surface area (Å²) in [5.74, 6) is 0. The Morgan fingerprint density at radius 3 is 2.50 bits per heavy atom. The highest BCUT2D eigenvalue weighted by molar-refractivity contribution is 14.1. The van der Waals surface area contributed by atoms with Crippen molar-refractivity contribution >= 4 is 28.6 Å². The molecule has 0 aromatic rings. The monoisotopic (exact) mass is 281 g/mol. The summed E-state index contributed by atoms with van der Waals surface area (Å²) in [7, 11) is 4.09. The zero-order valence-corrected chi connectivity index (χ0v) is 10.00. The first kappa shape index (κ1) is 12.1. The van der Waals surface area contributed by atoms with Gasteiger partial charge in [-0.2, -0.15) is 0 Å². The predicted molar refractivity (Wildman–Crippen MR) is 60.6 cm³/mol. The van der Waals surface area contributed by atoms with Crippen LogP contribution in [-0.2, 0) is 0 Å². The number of aliphatic imine (C=N–C) groups is 1. The summed E-state index contributed by atoms with van der Waals surface area (Å²) in [5, 5.41) is 6.78. The SMILES string of the molecule is CC(I)C(CCN(C)C)N=C=N. The first-order chi connectivity index (χ1) is 5.57. The van der Waals surface area contributed by atoms with Gasteiger partial charge in [-0.1, -0.05) is 29.5 Å². The topological polar surface area (TPSA) is 39.5 Å². The molecule has 0 heterocycles. The van der Waals surface area contributed by atoms with Crippen LogP contribution in [-0.4, -0.2) is 41.5 Å². The molecule has 0 aliphatic carbocycles. The van der Waals surface area contributed by atoms with Crippen LogP contribution in [0.1, 0.15) is 13.3 Å². The molecule has 3 nitrogen and oxygen atoms in total. The largest absolute Gasteiger partial charge is 0.309 e. The molecule has 12 heavy (non-hydrogen) atoms. The summed E-state index contributed by atoms with van der Waals surface area (Å²) in [4.78, 5) is 6.11. The molecule has 0 aliphatic rings. The Balaban J connectivity index is 3.87. The summed E-state index contributed by atoms with van der Waals surface area (Å²) >= 11 is 2.34. The minimum absolute atomic E-state index is 0.241. The Hall–Kier alpha value is 0.0700. The van der Waals surface area contributed by atoms with Crippen LogP contribution in [0, 0.1) is 5.41 Å². The fourth-order valence-corrected chi connectivity index (χ4v) is 1.39. The molecular formula is C8H16IN3. The molecular weight excluding hydrogens is 265 g/mol. The van der Waals surface area contributed by atoms with Crippen LogP contribution < -0.4 is 0 Å². The van der Waals surface area contributed by atoms with Crippen LogP contribution in [0.2, 0.25) is 0 Å². The van der Waals surface area contributed by atoms with Crippen LogP contribution in [0.25, 0.3) is 0 Å². The van der Waals surface area contributed by atoms with Crippen LogP contribution in [0.4, 0.5) is 0 Å². The van der Waals surface area contributed by atoms with E-state index in [0.717, 1.165) is 13.0 Å². The molecule has 2 atom stereocenters. The lowest BCUT2D eigenvalue weighted by atomic mass is 10.1. The molecule has 0 spiro atoms. The lowest BCUT2D eigenvalue weighted by Crippen LogP contribution is -2.23. The molecule has 2 unspecified atom stereocenters. The van der Waals surface area contributed by atoms with Crippen molar-refractivity contribution in [3.05, 3.63) is 0 Å². The van der Waals surface area contributed by atoms with Crippen molar-refractivity contribution in [3.8, 4) is 0 Å². The molecule has 0 radical (unpaired) electrons.